The number of aromatic hydroxyl groups is 1. The number of anilines is 1. The summed E-state index contributed by atoms with van der Waals surface area (Å²) in [6, 6.07) is 9.84. The number of nitrogens with one attached hydrogen (secondary N) is 1. The summed E-state index contributed by atoms with van der Waals surface area (Å²) >= 11 is 0. The number of benzene rings is 2. The Morgan fingerprint density at radius 1 is 1.14 bits per heavy atom. The molecule has 0 spiro atoms. The standard InChI is InChI=1S/C15H13N3O4/c1-21-14-6-11-12(7-13(14)19)16-8-17-15(11)22-10-4-2-3-9(5-10)18-20/h2-8,18-20H,1H3. The highest BCUT2D eigenvalue weighted by atomic mass is 16.5. The summed E-state index contributed by atoms with van der Waals surface area (Å²) in [6.45, 7) is 0. The molecule has 3 aromatic rings. The average Bonchev–Trinajstić information content (AvgIpc) is 2.54. The van der Waals surface area contributed by atoms with E-state index in [1.165, 1.54) is 19.5 Å². The highest BCUT2D eigenvalue weighted by molar-refractivity contribution is 5.86. The number of hydrogen-bond donors (Lipinski definition) is 3. The molecule has 0 aliphatic rings. The zero-order valence-corrected chi connectivity index (χ0v) is 11.6. The van der Waals surface area contributed by atoms with Crippen molar-refractivity contribution in [1.82, 2.24) is 9.97 Å². The minimum absolute atomic E-state index is 0.00821. The monoisotopic (exact) mass is 299 g/mol. The van der Waals surface area contributed by atoms with Gasteiger partial charge in [0, 0.05) is 12.1 Å². The van der Waals surface area contributed by atoms with Crippen LogP contribution in [0.15, 0.2) is 42.7 Å². The van der Waals surface area contributed by atoms with Gasteiger partial charge in [-0.05, 0) is 18.2 Å². The Bertz CT molecular complexity index is 823. The lowest BCUT2D eigenvalue weighted by atomic mass is 10.2. The number of hydrogen-bond acceptors (Lipinski definition) is 7. The molecule has 0 atom stereocenters. The second-order valence-electron chi connectivity index (χ2n) is 4.46. The summed E-state index contributed by atoms with van der Waals surface area (Å²) in [6.07, 6.45) is 1.34. The quantitative estimate of drug-likeness (QED) is 0.637. The minimum atomic E-state index is -0.00821. The van der Waals surface area contributed by atoms with Gasteiger partial charge in [0.25, 0.3) is 0 Å². The van der Waals surface area contributed by atoms with Crippen LogP contribution in [-0.2, 0) is 0 Å². The lowest BCUT2D eigenvalue weighted by Gasteiger charge is -2.10. The van der Waals surface area contributed by atoms with Crippen molar-refractivity contribution in [3.63, 3.8) is 0 Å². The molecule has 0 bridgehead atoms. The Morgan fingerprint density at radius 3 is 2.77 bits per heavy atom. The summed E-state index contributed by atoms with van der Waals surface area (Å²) in [5.74, 6) is 1.11. The molecule has 7 heteroatoms. The fourth-order valence-corrected chi connectivity index (χ4v) is 2.03. The second kappa shape index (κ2) is 5.74. The number of ether oxygens (including phenoxy) is 2. The molecule has 0 fully saturated rings. The number of aromatic nitrogens is 2. The average molecular weight is 299 g/mol. The highest BCUT2D eigenvalue weighted by Gasteiger charge is 2.11. The molecule has 0 unspecified atom stereocenters. The van der Waals surface area contributed by atoms with Gasteiger partial charge in [0.05, 0.1) is 23.7 Å². The zero-order valence-electron chi connectivity index (χ0n) is 11.6. The van der Waals surface area contributed by atoms with Crippen molar-refractivity contribution >= 4 is 16.6 Å². The van der Waals surface area contributed by atoms with E-state index in [9.17, 15) is 5.11 Å². The third-order valence-corrected chi connectivity index (χ3v) is 3.08. The van der Waals surface area contributed by atoms with Crippen LogP contribution in [0.3, 0.4) is 0 Å². The van der Waals surface area contributed by atoms with Crippen molar-refractivity contribution in [3.8, 4) is 23.1 Å². The van der Waals surface area contributed by atoms with E-state index in [2.05, 4.69) is 15.4 Å². The maximum Gasteiger partial charge on any atom is 0.230 e. The SMILES string of the molecule is COc1cc2c(Oc3cccc(NO)c3)ncnc2cc1O. The predicted molar refractivity (Wildman–Crippen MR) is 79.7 cm³/mol. The molecule has 7 nitrogen and oxygen atoms in total. The van der Waals surface area contributed by atoms with E-state index in [4.69, 9.17) is 14.7 Å². The minimum Gasteiger partial charge on any atom is -0.504 e. The molecule has 0 saturated heterocycles. The van der Waals surface area contributed by atoms with Crippen LogP contribution < -0.4 is 15.0 Å². The van der Waals surface area contributed by atoms with Gasteiger partial charge in [0.15, 0.2) is 11.5 Å². The first-order valence-corrected chi connectivity index (χ1v) is 6.41. The van der Waals surface area contributed by atoms with Gasteiger partial charge in [-0.15, -0.1) is 0 Å². The van der Waals surface area contributed by atoms with Crippen molar-refractivity contribution in [2.75, 3.05) is 12.6 Å². The predicted octanol–water partition coefficient (Wildman–Crippen LogP) is 2.94. The normalized spacial score (nSPS) is 10.5. The molecule has 0 aliphatic heterocycles. The van der Waals surface area contributed by atoms with E-state index in [1.807, 2.05) is 0 Å². The topological polar surface area (TPSA) is 96.7 Å². The first-order valence-electron chi connectivity index (χ1n) is 6.41. The van der Waals surface area contributed by atoms with E-state index < -0.39 is 0 Å². The number of phenolic OH excluding ortho intramolecular Hbond substituents is 1. The Balaban J connectivity index is 2.06. The van der Waals surface area contributed by atoms with Crippen LogP contribution in [0, 0.1) is 0 Å². The van der Waals surface area contributed by atoms with Crippen LogP contribution in [0.25, 0.3) is 10.9 Å². The van der Waals surface area contributed by atoms with E-state index >= 15 is 0 Å². The van der Waals surface area contributed by atoms with Crippen molar-refractivity contribution in [1.29, 1.82) is 0 Å². The number of phenols is 1. The Kier molecular flexibility index (Phi) is 3.63. The molecule has 0 amide bonds. The van der Waals surface area contributed by atoms with Gasteiger partial charge >= 0.3 is 0 Å². The van der Waals surface area contributed by atoms with Gasteiger partial charge < -0.3 is 14.6 Å². The zero-order chi connectivity index (χ0) is 15.5. The van der Waals surface area contributed by atoms with Crippen LogP contribution in [0.2, 0.25) is 0 Å². The number of rotatable bonds is 4. The maximum absolute atomic E-state index is 9.80. The fraction of sp³-hybridized carbons (Fsp3) is 0.0667. The van der Waals surface area contributed by atoms with Crippen LogP contribution >= 0.6 is 0 Å². The van der Waals surface area contributed by atoms with E-state index in [1.54, 1.807) is 30.3 Å². The largest absolute Gasteiger partial charge is 0.504 e. The summed E-state index contributed by atoms with van der Waals surface area (Å²) in [4.78, 5) is 8.20. The van der Waals surface area contributed by atoms with Crippen molar-refractivity contribution in [2.24, 2.45) is 0 Å². The molecule has 3 N–H and O–H groups in total. The molecule has 0 saturated carbocycles. The second-order valence-corrected chi connectivity index (χ2v) is 4.46. The highest BCUT2D eigenvalue weighted by Crippen LogP contribution is 2.35. The van der Waals surface area contributed by atoms with E-state index in [-0.39, 0.29) is 5.75 Å². The van der Waals surface area contributed by atoms with Crippen molar-refractivity contribution < 1.29 is 19.8 Å². The lowest BCUT2D eigenvalue weighted by molar-refractivity contribution is 0.374. The first-order chi connectivity index (χ1) is 10.7. The van der Waals surface area contributed by atoms with Gasteiger partial charge in [0.1, 0.15) is 12.1 Å². The molecule has 2 aromatic carbocycles. The summed E-state index contributed by atoms with van der Waals surface area (Å²) in [5.41, 5.74) is 3.07. The van der Waals surface area contributed by atoms with Crippen molar-refractivity contribution in [2.45, 2.75) is 0 Å². The molecule has 22 heavy (non-hydrogen) atoms. The summed E-state index contributed by atoms with van der Waals surface area (Å²) in [5, 5.41) is 19.3. The molecule has 1 heterocycles. The Labute approximate surface area is 125 Å². The lowest BCUT2D eigenvalue weighted by Crippen LogP contribution is -1.94. The maximum atomic E-state index is 9.80. The van der Waals surface area contributed by atoms with Gasteiger partial charge in [-0.1, -0.05) is 6.07 Å². The molecule has 0 radical (unpaired) electrons. The van der Waals surface area contributed by atoms with Gasteiger partial charge in [-0.3, -0.25) is 10.7 Å². The van der Waals surface area contributed by atoms with Crippen LogP contribution in [0.1, 0.15) is 0 Å². The van der Waals surface area contributed by atoms with Crippen LogP contribution in [-0.4, -0.2) is 27.4 Å². The molecule has 3 rings (SSSR count). The Hall–Kier alpha value is -3.06. The van der Waals surface area contributed by atoms with Gasteiger partial charge in [-0.25, -0.2) is 9.97 Å². The van der Waals surface area contributed by atoms with E-state index in [0.717, 1.165) is 0 Å². The number of nitrogens with zero attached hydrogens (tertiary/aromatic N) is 2. The smallest absolute Gasteiger partial charge is 0.230 e. The van der Waals surface area contributed by atoms with Gasteiger partial charge in [-0.2, -0.15) is 0 Å². The van der Waals surface area contributed by atoms with Crippen molar-refractivity contribution in [3.05, 3.63) is 42.7 Å². The molecule has 1 aromatic heterocycles. The number of fused-ring (bicyclic) bond motifs is 1. The Morgan fingerprint density at radius 2 is 2.00 bits per heavy atom. The first kappa shape index (κ1) is 13.9. The third-order valence-electron chi connectivity index (χ3n) is 3.08. The molecule has 112 valence electrons. The molecular weight excluding hydrogens is 286 g/mol. The van der Waals surface area contributed by atoms with Crippen LogP contribution in [0.4, 0.5) is 5.69 Å². The molecule has 0 aliphatic carbocycles. The van der Waals surface area contributed by atoms with E-state index in [0.29, 0.717) is 34.0 Å². The fourth-order valence-electron chi connectivity index (χ4n) is 2.03. The van der Waals surface area contributed by atoms with Crippen LogP contribution in [0.5, 0.6) is 23.1 Å². The summed E-state index contributed by atoms with van der Waals surface area (Å²) in [7, 11) is 1.46. The third kappa shape index (κ3) is 2.57. The van der Waals surface area contributed by atoms with Gasteiger partial charge in [0.2, 0.25) is 5.88 Å². The number of methoxy groups -OCH3 is 1. The molecular formula is C15H13N3O4. The summed E-state index contributed by atoms with van der Waals surface area (Å²) < 4.78 is 10.8.